The maximum absolute atomic E-state index is 13.7. The fourth-order valence-corrected chi connectivity index (χ4v) is 6.05. The fraction of sp³-hybridized carbons (Fsp3) is 0.265. The van der Waals surface area contributed by atoms with E-state index in [1.807, 2.05) is 24.3 Å². The number of hydrogen-bond donors (Lipinski definition) is 0. The first-order valence-corrected chi connectivity index (χ1v) is 14.1. The lowest BCUT2D eigenvalue weighted by atomic mass is 9.89. The van der Waals surface area contributed by atoms with Gasteiger partial charge in [0, 0.05) is 35.3 Å². The number of esters is 1. The van der Waals surface area contributed by atoms with Crippen molar-refractivity contribution in [2.24, 2.45) is 5.92 Å². The van der Waals surface area contributed by atoms with Crippen molar-refractivity contribution in [3.05, 3.63) is 90.0 Å². The van der Waals surface area contributed by atoms with Crippen LogP contribution in [-0.2, 0) is 4.79 Å². The maximum Gasteiger partial charge on any atom is 0.314 e. The Morgan fingerprint density at radius 1 is 0.800 bits per heavy atom. The number of ether oxygens (including phenoxy) is 1. The number of benzene rings is 4. The summed E-state index contributed by atoms with van der Waals surface area (Å²) in [4.78, 5) is 43.3. The lowest BCUT2D eigenvalue weighted by molar-refractivity contribution is -0.138. The first kappa shape index (κ1) is 25.8. The van der Waals surface area contributed by atoms with Gasteiger partial charge in [-0.2, -0.15) is 0 Å². The lowest BCUT2D eigenvalue weighted by Crippen LogP contribution is -2.40. The molecule has 1 saturated carbocycles. The number of hydrogen-bond acceptors (Lipinski definition) is 5. The normalized spacial score (nSPS) is 15.1. The van der Waals surface area contributed by atoms with Crippen molar-refractivity contribution >= 4 is 39.9 Å². The van der Waals surface area contributed by atoms with Gasteiger partial charge in [-0.3, -0.25) is 14.4 Å². The van der Waals surface area contributed by atoms with E-state index in [2.05, 4.69) is 43.0 Å². The summed E-state index contributed by atoms with van der Waals surface area (Å²) in [5.74, 6) is -0.584. The molecule has 40 heavy (non-hydrogen) atoms. The topological polar surface area (TPSA) is 66.9 Å². The van der Waals surface area contributed by atoms with Gasteiger partial charge in [0.2, 0.25) is 0 Å². The first-order valence-electron chi connectivity index (χ1n) is 14.1. The highest BCUT2D eigenvalue weighted by Gasteiger charge is 2.34. The summed E-state index contributed by atoms with van der Waals surface area (Å²) in [6.07, 6.45) is 3.83. The number of carbonyl (C=O) groups is 3. The van der Waals surface area contributed by atoms with Crippen LogP contribution in [0.5, 0.6) is 5.75 Å². The SMILES string of the molecule is CCN(CC)c1ccc(-c2ccc3c4c(cccc24)C(=O)N(c2ccc(OC(=O)C4CCCC4)cc2)C3=O)cc1. The monoisotopic (exact) mass is 532 g/mol. The quantitative estimate of drug-likeness (QED) is 0.142. The number of nitrogens with zero attached hydrogens (tertiary/aromatic N) is 2. The molecule has 0 radical (unpaired) electrons. The van der Waals surface area contributed by atoms with E-state index in [0.717, 1.165) is 61.0 Å². The van der Waals surface area contributed by atoms with Crippen LogP contribution in [0.2, 0.25) is 0 Å². The fourth-order valence-electron chi connectivity index (χ4n) is 6.05. The van der Waals surface area contributed by atoms with Gasteiger partial charge in [0.25, 0.3) is 11.8 Å². The molecule has 6 heteroatoms. The molecule has 0 aromatic heterocycles. The molecule has 4 aromatic carbocycles. The van der Waals surface area contributed by atoms with Gasteiger partial charge in [-0.1, -0.05) is 43.2 Å². The molecule has 1 aliphatic carbocycles. The van der Waals surface area contributed by atoms with E-state index in [0.29, 0.717) is 28.0 Å². The van der Waals surface area contributed by atoms with Crippen LogP contribution in [0.1, 0.15) is 60.2 Å². The lowest BCUT2D eigenvalue weighted by Gasteiger charge is -2.28. The van der Waals surface area contributed by atoms with Crippen molar-refractivity contribution in [2.75, 3.05) is 22.9 Å². The zero-order chi connectivity index (χ0) is 27.8. The molecule has 0 bridgehead atoms. The average Bonchev–Trinajstić information content (AvgIpc) is 3.53. The van der Waals surface area contributed by atoms with Gasteiger partial charge < -0.3 is 9.64 Å². The Balaban J connectivity index is 1.31. The summed E-state index contributed by atoms with van der Waals surface area (Å²) in [6.45, 7) is 6.15. The Hall–Kier alpha value is -4.45. The van der Waals surface area contributed by atoms with Crippen LogP contribution in [0.25, 0.3) is 21.9 Å². The van der Waals surface area contributed by atoms with Crippen LogP contribution in [0.4, 0.5) is 11.4 Å². The van der Waals surface area contributed by atoms with E-state index >= 15 is 0 Å². The average molecular weight is 533 g/mol. The molecular formula is C34H32N2O4. The van der Waals surface area contributed by atoms with Crippen molar-refractivity contribution in [1.82, 2.24) is 0 Å². The van der Waals surface area contributed by atoms with Crippen LogP contribution in [0, 0.1) is 5.92 Å². The molecule has 0 saturated heterocycles. The van der Waals surface area contributed by atoms with E-state index in [1.54, 1.807) is 30.3 Å². The van der Waals surface area contributed by atoms with Crippen molar-refractivity contribution in [1.29, 1.82) is 0 Å². The Morgan fingerprint density at radius 2 is 1.43 bits per heavy atom. The predicted octanol–water partition coefficient (Wildman–Crippen LogP) is 7.25. The second kappa shape index (κ2) is 10.6. The van der Waals surface area contributed by atoms with Crippen molar-refractivity contribution in [2.45, 2.75) is 39.5 Å². The Bertz CT molecular complexity index is 1580. The molecule has 0 unspecified atom stereocenters. The van der Waals surface area contributed by atoms with Crippen molar-refractivity contribution < 1.29 is 19.1 Å². The predicted molar refractivity (Wildman–Crippen MR) is 158 cm³/mol. The molecule has 1 heterocycles. The standard InChI is InChI=1S/C34H32N2O4/c1-3-35(4-2)24-14-12-22(13-15-24)27-20-21-30-31-28(27)10-7-11-29(31)32(37)36(33(30)38)25-16-18-26(19-17-25)40-34(39)23-8-5-6-9-23/h7,10-21,23H,3-6,8-9H2,1-2H3. The summed E-state index contributed by atoms with van der Waals surface area (Å²) in [5.41, 5.74) is 4.60. The molecule has 0 spiro atoms. The largest absolute Gasteiger partial charge is 0.426 e. The maximum atomic E-state index is 13.7. The van der Waals surface area contributed by atoms with E-state index < -0.39 is 0 Å². The Kier molecular flexibility index (Phi) is 6.84. The zero-order valence-corrected chi connectivity index (χ0v) is 22.9. The molecule has 2 amide bonds. The molecule has 6 rings (SSSR count). The van der Waals surface area contributed by atoms with E-state index in [1.165, 1.54) is 4.90 Å². The van der Waals surface area contributed by atoms with Crippen LogP contribution in [-0.4, -0.2) is 30.9 Å². The minimum absolute atomic E-state index is 0.0490. The van der Waals surface area contributed by atoms with Crippen molar-refractivity contribution in [3.8, 4) is 16.9 Å². The van der Waals surface area contributed by atoms with E-state index in [9.17, 15) is 14.4 Å². The Labute approximate surface area is 234 Å². The molecule has 2 aliphatic rings. The minimum Gasteiger partial charge on any atom is -0.426 e. The molecular weight excluding hydrogens is 500 g/mol. The van der Waals surface area contributed by atoms with Gasteiger partial charge in [0.1, 0.15) is 5.75 Å². The molecule has 202 valence electrons. The third-order valence-electron chi connectivity index (χ3n) is 8.22. The Morgan fingerprint density at radius 3 is 2.08 bits per heavy atom. The minimum atomic E-state index is -0.368. The van der Waals surface area contributed by atoms with Crippen molar-refractivity contribution in [3.63, 3.8) is 0 Å². The summed E-state index contributed by atoms with van der Waals surface area (Å²) in [6, 6.07) is 24.4. The van der Waals surface area contributed by atoms with Gasteiger partial charge in [-0.15, -0.1) is 0 Å². The highest BCUT2D eigenvalue weighted by Crippen LogP contribution is 2.38. The van der Waals surface area contributed by atoms with Crippen LogP contribution in [0.15, 0.2) is 78.9 Å². The van der Waals surface area contributed by atoms with E-state index in [-0.39, 0.29) is 23.7 Å². The van der Waals surface area contributed by atoms with Crippen LogP contribution < -0.4 is 14.5 Å². The molecule has 4 aromatic rings. The number of imide groups is 1. The van der Waals surface area contributed by atoms with Gasteiger partial charge in [0.15, 0.2) is 0 Å². The zero-order valence-electron chi connectivity index (χ0n) is 22.9. The number of anilines is 2. The van der Waals surface area contributed by atoms with Gasteiger partial charge >= 0.3 is 5.97 Å². The molecule has 1 fully saturated rings. The summed E-state index contributed by atoms with van der Waals surface area (Å²) in [5, 5.41) is 1.56. The molecule has 0 N–H and O–H groups in total. The smallest absolute Gasteiger partial charge is 0.314 e. The summed E-state index contributed by atoms with van der Waals surface area (Å²) in [7, 11) is 0. The van der Waals surface area contributed by atoms with Crippen LogP contribution >= 0.6 is 0 Å². The van der Waals surface area contributed by atoms with Crippen LogP contribution in [0.3, 0.4) is 0 Å². The van der Waals surface area contributed by atoms with Gasteiger partial charge in [0.05, 0.1) is 11.6 Å². The third-order valence-corrected chi connectivity index (χ3v) is 8.22. The second-order valence-corrected chi connectivity index (χ2v) is 10.5. The van der Waals surface area contributed by atoms with E-state index in [4.69, 9.17) is 4.74 Å². The molecule has 0 atom stereocenters. The summed E-state index contributed by atoms with van der Waals surface area (Å²) < 4.78 is 5.56. The highest BCUT2D eigenvalue weighted by atomic mass is 16.5. The third kappa shape index (κ3) is 4.43. The molecule has 1 aliphatic heterocycles. The molecule has 6 nitrogen and oxygen atoms in total. The highest BCUT2D eigenvalue weighted by molar-refractivity contribution is 6.36. The number of amides is 2. The second-order valence-electron chi connectivity index (χ2n) is 10.5. The number of rotatable bonds is 7. The van der Waals surface area contributed by atoms with Gasteiger partial charge in [-0.05, 0) is 91.7 Å². The number of carbonyl (C=O) groups excluding carboxylic acids is 3. The summed E-state index contributed by atoms with van der Waals surface area (Å²) >= 11 is 0. The first-order chi connectivity index (χ1) is 19.5. The van der Waals surface area contributed by atoms with Gasteiger partial charge in [-0.25, -0.2) is 4.90 Å².